The van der Waals surface area contributed by atoms with E-state index in [1.165, 1.54) is 0 Å². The minimum absolute atomic E-state index is 0.382. The SMILES string of the molecule is Cc1ccc(C(Nc2ccccc2Br)C(N)=O)s1. The average Bonchev–Trinajstić information content (AvgIpc) is 2.74. The Morgan fingerprint density at radius 2 is 2.06 bits per heavy atom. The number of para-hydroxylation sites is 1. The number of hydrogen-bond acceptors (Lipinski definition) is 3. The Morgan fingerprint density at radius 1 is 1.33 bits per heavy atom. The molecule has 0 bridgehead atoms. The van der Waals surface area contributed by atoms with Crippen molar-refractivity contribution >= 4 is 38.9 Å². The molecular weight excluding hydrogens is 312 g/mol. The Hall–Kier alpha value is -1.33. The highest BCUT2D eigenvalue weighted by molar-refractivity contribution is 9.10. The molecule has 1 aromatic heterocycles. The molecule has 0 saturated carbocycles. The first kappa shape index (κ1) is 13.1. The molecule has 1 amide bonds. The normalized spacial score (nSPS) is 12.1. The molecule has 0 saturated heterocycles. The van der Waals surface area contributed by atoms with Gasteiger partial charge >= 0.3 is 0 Å². The number of benzene rings is 1. The summed E-state index contributed by atoms with van der Waals surface area (Å²) in [6, 6.07) is 11.1. The predicted octanol–water partition coefficient (Wildman–Crippen LogP) is 3.46. The summed E-state index contributed by atoms with van der Waals surface area (Å²) in [5.41, 5.74) is 6.32. The Morgan fingerprint density at radius 3 is 2.61 bits per heavy atom. The maximum Gasteiger partial charge on any atom is 0.245 e. The van der Waals surface area contributed by atoms with Crippen LogP contribution in [0, 0.1) is 6.92 Å². The van der Waals surface area contributed by atoms with Crippen molar-refractivity contribution in [2.24, 2.45) is 5.73 Å². The summed E-state index contributed by atoms with van der Waals surface area (Å²) in [7, 11) is 0. The van der Waals surface area contributed by atoms with Crippen LogP contribution in [0.2, 0.25) is 0 Å². The molecule has 1 aromatic carbocycles. The summed E-state index contributed by atoms with van der Waals surface area (Å²) in [6.45, 7) is 2.00. The van der Waals surface area contributed by atoms with Crippen LogP contribution in [0.15, 0.2) is 40.9 Å². The van der Waals surface area contributed by atoms with Crippen molar-refractivity contribution in [2.45, 2.75) is 13.0 Å². The fourth-order valence-electron chi connectivity index (χ4n) is 1.62. The van der Waals surface area contributed by atoms with E-state index in [1.807, 2.05) is 43.3 Å². The molecule has 0 aliphatic carbocycles. The van der Waals surface area contributed by atoms with Gasteiger partial charge in [0.25, 0.3) is 0 Å². The lowest BCUT2D eigenvalue weighted by molar-refractivity contribution is -0.118. The van der Waals surface area contributed by atoms with Crippen LogP contribution in [0.5, 0.6) is 0 Å². The largest absolute Gasteiger partial charge is 0.369 e. The van der Waals surface area contributed by atoms with Crippen molar-refractivity contribution in [1.82, 2.24) is 0 Å². The Labute approximate surface area is 118 Å². The van der Waals surface area contributed by atoms with E-state index in [2.05, 4.69) is 21.2 Å². The number of thiophene rings is 1. The van der Waals surface area contributed by atoms with Crippen LogP contribution in [0.25, 0.3) is 0 Å². The van der Waals surface area contributed by atoms with Gasteiger partial charge in [-0.1, -0.05) is 12.1 Å². The van der Waals surface area contributed by atoms with Crippen molar-refractivity contribution in [3.8, 4) is 0 Å². The van der Waals surface area contributed by atoms with Gasteiger partial charge in [0.15, 0.2) is 0 Å². The molecule has 1 atom stereocenters. The zero-order chi connectivity index (χ0) is 13.1. The van der Waals surface area contributed by atoms with Crippen molar-refractivity contribution in [3.05, 3.63) is 50.6 Å². The van der Waals surface area contributed by atoms with Crippen LogP contribution >= 0.6 is 27.3 Å². The van der Waals surface area contributed by atoms with E-state index in [1.54, 1.807) is 11.3 Å². The summed E-state index contributed by atoms with van der Waals surface area (Å²) < 4.78 is 0.907. The summed E-state index contributed by atoms with van der Waals surface area (Å²) in [6.07, 6.45) is 0. The second-order valence-corrected chi connectivity index (χ2v) is 6.08. The number of anilines is 1. The topological polar surface area (TPSA) is 55.1 Å². The van der Waals surface area contributed by atoms with Gasteiger partial charge in [0.2, 0.25) is 5.91 Å². The minimum Gasteiger partial charge on any atom is -0.369 e. The lowest BCUT2D eigenvalue weighted by atomic mass is 10.2. The van der Waals surface area contributed by atoms with Crippen LogP contribution in [0.1, 0.15) is 15.8 Å². The van der Waals surface area contributed by atoms with Crippen LogP contribution in [-0.4, -0.2) is 5.91 Å². The van der Waals surface area contributed by atoms with Crippen LogP contribution < -0.4 is 11.1 Å². The first-order valence-electron chi connectivity index (χ1n) is 5.44. The van der Waals surface area contributed by atoms with Crippen LogP contribution in [0.4, 0.5) is 5.69 Å². The monoisotopic (exact) mass is 324 g/mol. The summed E-state index contributed by atoms with van der Waals surface area (Å²) in [5.74, 6) is -0.382. The number of nitrogens with one attached hydrogen (secondary N) is 1. The van der Waals surface area contributed by atoms with E-state index in [0.29, 0.717) is 0 Å². The van der Waals surface area contributed by atoms with Gasteiger partial charge in [-0.25, -0.2) is 0 Å². The average molecular weight is 325 g/mol. The molecule has 5 heteroatoms. The molecule has 0 aliphatic rings. The second-order valence-electron chi connectivity index (χ2n) is 3.91. The van der Waals surface area contributed by atoms with Crippen molar-refractivity contribution in [2.75, 3.05) is 5.32 Å². The molecule has 18 heavy (non-hydrogen) atoms. The quantitative estimate of drug-likeness (QED) is 0.904. The predicted molar refractivity (Wildman–Crippen MR) is 78.8 cm³/mol. The highest BCUT2D eigenvalue weighted by atomic mass is 79.9. The minimum atomic E-state index is -0.498. The molecule has 2 rings (SSSR count). The maximum atomic E-state index is 11.6. The first-order chi connectivity index (χ1) is 8.58. The number of aryl methyl sites for hydroxylation is 1. The Kier molecular flexibility index (Phi) is 4.04. The molecule has 0 radical (unpaired) electrons. The number of amides is 1. The standard InChI is InChI=1S/C13H13BrN2OS/c1-8-6-7-11(18-8)12(13(15)17)16-10-5-3-2-4-9(10)14/h2-7,12,16H,1H3,(H2,15,17). The van der Waals surface area contributed by atoms with Crippen molar-refractivity contribution < 1.29 is 4.79 Å². The number of hydrogen-bond donors (Lipinski definition) is 2. The molecule has 1 heterocycles. The molecule has 0 spiro atoms. The van der Waals surface area contributed by atoms with Gasteiger partial charge in [-0.2, -0.15) is 0 Å². The van der Waals surface area contributed by atoms with Gasteiger partial charge < -0.3 is 11.1 Å². The fraction of sp³-hybridized carbons (Fsp3) is 0.154. The molecular formula is C13H13BrN2OS. The smallest absolute Gasteiger partial charge is 0.245 e. The van der Waals surface area contributed by atoms with E-state index in [9.17, 15) is 4.79 Å². The zero-order valence-corrected chi connectivity index (χ0v) is 12.2. The number of rotatable bonds is 4. The molecule has 0 aliphatic heterocycles. The zero-order valence-electron chi connectivity index (χ0n) is 9.81. The highest BCUT2D eigenvalue weighted by Crippen LogP contribution is 2.29. The highest BCUT2D eigenvalue weighted by Gasteiger charge is 2.19. The van der Waals surface area contributed by atoms with Crippen LogP contribution in [-0.2, 0) is 4.79 Å². The third kappa shape index (κ3) is 2.91. The summed E-state index contributed by atoms with van der Waals surface area (Å²) in [5, 5.41) is 3.17. The maximum absolute atomic E-state index is 11.6. The molecule has 2 aromatic rings. The van der Waals surface area contributed by atoms with Gasteiger partial charge in [-0.15, -0.1) is 11.3 Å². The third-order valence-corrected chi connectivity index (χ3v) is 4.26. The number of halogens is 1. The number of carbonyl (C=O) groups is 1. The first-order valence-corrected chi connectivity index (χ1v) is 7.05. The van der Waals surface area contributed by atoms with Gasteiger partial charge in [-0.3, -0.25) is 4.79 Å². The van der Waals surface area contributed by atoms with Gasteiger partial charge in [0.1, 0.15) is 6.04 Å². The Bertz CT molecular complexity index is 568. The van der Waals surface area contributed by atoms with Gasteiger partial charge in [0.05, 0.1) is 0 Å². The lowest BCUT2D eigenvalue weighted by Crippen LogP contribution is -2.27. The van der Waals surface area contributed by atoms with E-state index < -0.39 is 6.04 Å². The third-order valence-electron chi connectivity index (χ3n) is 2.50. The van der Waals surface area contributed by atoms with Gasteiger partial charge in [-0.05, 0) is 47.1 Å². The lowest BCUT2D eigenvalue weighted by Gasteiger charge is -2.16. The fourth-order valence-corrected chi connectivity index (χ4v) is 2.96. The van der Waals surface area contributed by atoms with E-state index in [-0.39, 0.29) is 5.91 Å². The van der Waals surface area contributed by atoms with Crippen LogP contribution in [0.3, 0.4) is 0 Å². The number of nitrogens with two attached hydrogens (primary N) is 1. The molecule has 1 unspecified atom stereocenters. The summed E-state index contributed by atoms with van der Waals surface area (Å²) >= 11 is 5.01. The van der Waals surface area contributed by atoms with Gasteiger partial charge in [0, 0.05) is 19.9 Å². The second kappa shape index (κ2) is 5.54. The van der Waals surface area contributed by atoms with E-state index in [0.717, 1.165) is 19.9 Å². The van der Waals surface area contributed by atoms with E-state index in [4.69, 9.17) is 5.73 Å². The summed E-state index contributed by atoms with van der Waals surface area (Å²) in [4.78, 5) is 13.7. The Balaban J connectivity index is 2.28. The molecule has 3 N–H and O–H groups in total. The molecule has 0 fully saturated rings. The van der Waals surface area contributed by atoms with Crippen molar-refractivity contribution in [3.63, 3.8) is 0 Å². The van der Waals surface area contributed by atoms with Crippen molar-refractivity contribution in [1.29, 1.82) is 0 Å². The number of primary amides is 1. The number of carbonyl (C=O) groups excluding carboxylic acids is 1. The molecule has 94 valence electrons. The molecule has 3 nitrogen and oxygen atoms in total. The van der Waals surface area contributed by atoms with E-state index >= 15 is 0 Å².